The molecule has 0 aliphatic carbocycles. The highest BCUT2D eigenvalue weighted by molar-refractivity contribution is 7.09. The van der Waals surface area contributed by atoms with E-state index in [-0.39, 0.29) is 25.0 Å². The van der Waals surface area contributed by atoms with Crippen LogP contribution in [0.15, 0.2) is 17.6 Å². The fourth-order valence-electron chi connectivity index (χ4n) is 2.16. The van der Waals surface area contributed by atoms with Crippen LogP contribution in [-0.4, -0.2) is 43.8 Å². The number of hydrogen-bond donors (Lipinski definition) is 1. The third-order valence-corrected chi connectivity index (χ3v) is 4.14. The Morgan fingerprint density at radius 1 is 1.50 bits per heavy atom. The number of rotatable bonds is 7. The molecule has 6 nitrogen and oxygen atoms in total. The van der Waals surface area contributed by atoms with Crippen LogP contribution >= 0.6 is 11.3 Å². The molecular formula is C15H22N4O2S. The Kier molecular flexibility index (Phi) is 5.68. The number of carbonyl (C=O) groups excluding carboxylic acids is 1. The molecule has 0 aliphatic heterocycles. The first-order valence-electron chi connectivity index (χ1n) is 7.43. The number of nitrogens with zero attached hydrogens (tertiary/aromatic N) is 4. The SMILES string of the molecule is CCn1nc(C(C)C)cc1C(=O)N(CCO)Cc1nccs1. The molecule has 2 heterocycles. The van der Waals surface area contributed by atoms with Gasteiger partial charge in [-0.2, -0.15) is 5.10 Å². The van der Waals surface area contributed by atoms with Crippen LogP contribution in [0.5, 0.6) is 0 Å². The van der Waals surface area contributed by atoms with E-state index in [2.05, 4.69) is 23.9 Å². The van der Waals surface area contributed by atoms with Crippen molar-refractivity contribution >= 4 is 17.2 Å². The van der Waals surface area contributed by atoms with Gasteiger partial charge in [-0.1, -0.05) is 13.8 Å². The number of aliphatic hydroxyl groups excluding tert-OH is 1. The van der Waals surface area contributed by atoms with E-state index >= 15 is 0 Å². The summed E-state index contributed by atoms with van der Waals surface area (Å²) in [5, 5.41) is 16.5. The summed E-state index contributed by atoms with van der Waals surface area (Å²) >= 11 is 1.50. The van der Waals surface area contributed by atoms with Gasteiger partial charge in [-0.3, -0.25) is 9.48 Å². The maximum Gasteiger partial charge on any atom is 0.272 e. The lowest BCUT2D eigenvalue weighted by Crippen LogP contribution is -2.34. The van der Waals surface area contributed by atoms with Crippen molar-refractivity contribution < 1.29 is 9.90 Å². The standard InChI is InChI=1S/C15H22N4O2S/c1-4-19-13(9-12(17-19)11(2)3)15(21)18(6-7-20)10-14-16-5-8-22-14/h5,8-9,11,20H,4,6-7,10H2,1-3H3. The van der Waals surface area contributed by atoms with Crippen LogP contribution in [-0.2, 0) is 13.1 Å². The van der Waals surface area contributed by atoms with Gasteiger partial charge in [-0.25, -0.2) is 4.98 Å². The number of aliphatic hydroxyl groups is 1. The fraction of sp³-hybridized carbons (Fsp3) is 0.533. The predicted molar refractivity (Wildman–Crippen MR) is 85.9 cm³/mol. The first-order chi connectivity index (χ1) is 10.6. The molecule has 0 aliphatic rings. The highest BCUT2D eigenvalue weighted by Crippen LogP contribution is 2.17. The molecule has 0 saturated carbocycles. The lowest BCUT2D eigenvalue weighted by atomic mass is 10.1. The van der Waals surface area contributed by atoms with Crippen molar-refractivity contribution in [2.45, 2.75) is 39.8 Å². The van der Waals surface area contributed by atoms with Crippen molar-refractivity contribution in [3.63, 3.8) is 0 Å². The van der Waals surface area contributed by atoms with E-state index in [0.717, 1.165) is 10.7 Å². The average molecular weight is 322 g/mol. The summed E-state index contributed by atoms with van der Waals surface area (Å²) in [7, 11) is 0. The molecule has 2 rings (SSSR count). The highest BCUT2D eigenvalue weighted by atomic mass is 32.1. The van der Waals surface area contributed by atoms with E-state index in [0.29, 0.717) is 18.8 Å². The second-order valence-corrected chi connectivity index (χ2v) is 6.28. The van der Waals surface area contributed by atoms with Crippen LogP contribution in [0, 0.1) is 0 Å². The maximum atomic E-state index is 12.8. The van der Waals surface area contributed by atoms with Gasteiger partial charge >= 0.3 is 0 Å². The molecule has 0 saturated heterocycles. The number of thiazole rings is 1. The minimum absolute atomic E-state index is 0.0750. The lowest BCUT2D eigenvalue weighted by molar-refractivity contribution is 0.0695. The van der Waals surface area contributed by atoms with E-state index in [1.165, 1.54) is 11.3 Å². The Balaban J connectivity index is 2.26. The van der Waals surface area contributed by atoms with E-state index in [4.69, 9.17) is 0 Å². The molecule has 0 atom stereocenters. The molecule has 1 amide bonds. The fourth-order valence-corrected chi connectivity index (χ4v) is 2.79. The lowest BCUT2D eigenvalue weighted by Gasteiger charge is -2.20. The van der Waals surface area contributed by atoms with Gasteiger partial charge in [0, 0.05) is 24.7 Å². The van der Waals surface area contributed by atoms with Gasteiger partial charge in [0.15, 0.2) is 0 Å². The topological polar surface area (TPSA) is 71.2 Å². The zero-order valence-electron chi connectivity index (χ0n) is 13.2. The van der Waals surface area contributed by atoms with Gasteiger partial charge in [0.25, 0.3) is 5.91 Å². The number of amides is 1. The van der Waals surface area contributed by atoms with Crippen LogP contribution in [0.4, 0.5) is 0 Å². The second-order valence-electron chi connectivity index (χ2n) is 5.30. The summed E-state index contributed by atoms with van der Waals surface area (Å²) in [5.74, 6) is 0.148. The molecule has 0 bridgehead atoms. The monoisotopic (exact) mass is 322 g/mol. The number of aromatic nitrogens is 3. The number of carbonyl (C=O) groups is 1. The summed E-state index contributed by atoms with van der Waals surface area (Å²) in [4.78, 5) is 18.6. The van der Waals surface area contributed by atoms with Gasteiger partial charge in [0.2, 0.25) is 0 Å². The minimum atomic E-state index is -0.120. The number of hydrogen-bond acceptors (Lipinski definition) is 5. The Bertz CT molecular complexity index is 607. The summed E-state index contributed by atoms with van der Waals surface area (Å²) < 4.78 is 1.73. The number of aryl methyl sites for hydroxylation is 1. The van der Waals surface area contributed by atoms with Gasteiger partial charge in [-0.15, -0.1) is 11.3 Å². The molecule has 0 fully saturated rings. The molecule has 120 valence electrons. The molecule has 0 radical (unpaired) electrons. The Morgan fingerprint density at radius 2 is 2.27 bits per heavy atom. The molecule has 0 unspecified atom stereocenters. The Labute approximate surface area is 134 Å². The second kappa shape index (κ2) is 7.51. The molecule has 2 aromatic rings. The molecule has 7 heteroatoms. The Morgan fingerprint density at radius 3 is 2.82 bits per heavy atom. The molecule has 1 N–H and O–H groups in total. The maximum absolute atomic E-state index is 12.8. The normalized spacial score (nSPS) is 11.1. The van der Waals surface area contributed by atoms with Gasteiger partial charge in [0.05, 0.1) is 18.8 Å². The van der Waals surface area contributed by atoms with Gasteiger partial charge < -0.3 is 10.0 Å². The third-order valence-electron chi connectivity index (χ3n) is 3.38. The summed E-state index contributed by atoms with van der Waals surface area (Å²) in [6, 6.07) is 1.85. The molecule has 0 aromatic carbocycles. The van der Waals surface area contributed by atoms with Crippen LogP contribution in [0.3, 0.4) is 0 Å². The van der Waals surface area contributed by atoms with E-state index < -0.39 is 0 Å². The van der Waals surface area contributed by atoms with E-state index in [1.807, 2.05) is 18.4 Å². The van der Waals surface area contributed by atoms with Crippen molar-refractivity contribution in [2.24, 2.45) is 0 Å². The zero-order chi connectivity index (χ0) is 16.1. The summed E-state index contributed by atoms with van der Waals surface area (Å²) in [6.07, 6.45) is 1.72. The zero-order valence-corrected chi connectivity index (χ0v) is 14.0. The molecular weight excluding hydrogens is 300 g/mol. The van der Waals surface area contributed by atoms with Crippen molar-refractivity contribution in [3.8, 4) is 0 Å². The summed E-state index contributed by atoms with van der Waals surface area (Å²) in [6.45, 7) is 7.32. The van der Waals surface area contributed by atoms with Crippen molar-refractivity contribution in [3.05, 3.63) is 34.0 Å². The smallest absolute Gasteiger partial charge is 0.272 e. The highest BCUT2D eigenvalue weighted by Gasteiger charge is 2.22. The van der Waals surface area contributed by atoms with Gasteiger partial charge in [-0.05, 0) is 18.9 Å². The molecule has 2 aromatic heterocycles. The van der Waals surface area contributed by atoms with Gasteiger partial charge in [0.1, 0.15) is 10.7 Å². The van der Waals surface area contributed by atoms with Crippen LogP contribution in [0.25, 0.3) is 0 Å². The van der Waals surface area contributed by atoms with E-state index in [1.54, 1.807) is 15.8 Å². The van der Waals surface area contributed by atoms with E-state index in [9.17, 15) is 9.90 Å². The average Bonchev–Trinajstić information content (AvgIpc) is 3.15. The predicted octanol–water partition coefficient (Wildman–Crippen LogP) is 2.12. The van der Waals surface area contributed by atoms with Crippen molar-refractivity contribution in [2.75, 3.05) is 13.2 Å². The largest absolute Gasteiger partial charge is 0.395 e. The van der Waals surface area contributed by atoms with Crippen LogP contribution in [0.1, 0.15) is 47.9 Å². The first kappa shape index (κ1) is 16.6. The van der Waals surface area contributed by atoms with Crippen molar-refractivity contribution in [1.82, 2.24) is 19.7 Å². The molecule has 0 spiro atoms. The quantitative estimate of drug-likeness (QED) is 0.847. The van der Waals surface area contributed by atoms with Crippen molar-refractivity contribution in [1.29, 1.82) is 0 Å². The first-order valence-corrected chi connectivity index (χ1v) is 8.31. The molecule has 22 heavy (non-hydrogen) atoms. The van der Waals surface area contributed by atoms with Crippen LogP contribution in [0.2, 0.25) is 0 Å². The Hall–Kier alpha value is -1.73. The third kappa shape index (κ3) is 3.72. The van der Waals surface area contributed by atoms with Crippen LogP contribution < -0.4 is 0 Å². The minimum Gasteiger partial charge on any atom is -0.395 e. The summed E-state index contributed by atoms with van der Waals surface area (Å²) in [5.41, 5.74) is 1.47.